The number of hydrogen-bond acceptors (Lipinski definition) is 4. The number of aliphatic carboxylic acids is 1. The Hall–Kier alpha value is -3.75. The van der Waals surface area contributed by atoms with Gasteiger partial charge in [-0.1, -0.05) is 30.3 Å². The number of para-hydroxylation sites is 1. The van der Waals surface area contributed by atoms with E-state index in [0.29, 0.717) is 0 Å². The number of nitrogens with one attached hydrogen (secondary N) is 1. The normalized spacial score (nSPS) is 11.8. The Bertz CT molecular complexity index is 1040. The van der Waals surface area contributed by atoms with E-state index < -0.39 is 41.9 Å². The summed E-state index contributed by atoms with van der Waals surface area (Å²) in [6, 6.07) is 10.8. The van der Waals surface area contributed by atoms with Crippen molar-refractivity contribution in [2.24, 2.45) is 0 Å². The quantitative estimate of drug-likeness (QED) is 0.603. The van der Waals surface area contributed by atoms with E-state index >= 15 is 0 Å². The number of carboxylic acid groups (broad SMARTS) is 1. The molecule has 7 nitrogen and oxygen atoms in total. The molecular formula is C19H15F2N3O4. The largest absolute Gasteiger partial charge is 0.493 e. The van der Waals surface area contributed by atoms with Gasteiger partial charge in [0.2, 0.25) is 5.88 Å². The van der Waals surface area contributed by atoms with Gasteiger partial charge in [-0.2, -0.15) is 9.78 Å². The summed E-state index contributed by atoms with van der Waals surface area (Å²) < 4.78 is 28.8. The number of carbonyl (C=O) groups is 2. The second-order valence-electron chi connectivity index (χ2n) is 5.90. The molecule has 0 fully saturated rings. The first-order valence-electron chi connectivity index (χ1n) is 8.18. The topological polar surface area (TPSA) is 104 Å². The SMILES string of the molecule is O=C(O)CC(NC(=O)c1cc(O)n(-c2ccccc2F)n1)c1ccccc1F. The van der Waals surface area contributed by atoms with Gasteiger partial charge in [-0.3, -0.25) is 9.59 Å². The molecule has 0 radical (unpaired) electrons. The molecule has 1 amide bonds. The summed E-state index contributed by atoms with van der Waals surface area (Å²) in [5, 5.41) is 25.3. The minimum Gasteiger partial charge on any atom is -0.493 e. The number of aromatic nitrogens is 2. The van der Waals surface area contributed by atoms with Crippen molar-refractivity contribution in [3.63, 3.8) is 0 Å². The Morgan fingerprint density at radius 2 is 1.71 bits per heavy atom. The van der Waals surface area contributed by atoms with Crippen molar-refractivity contribution in [2.45, 2.75) is 12.5 Å². The molecule has 28 heavy (non-hydrogen) atoms. The third kappa shape index (κ3) is 3.98. The molecule has 3 rings (SSSR count). The number of carbonyl (C=O) groups excluding carboxylic acids is 1. The van der Waals surface area contributed by atoms with Gasteiger partial charge in [0.1, 0.15) is 17.3 Å². The van der Waals surface area contributed by atoms with Gasteiger partial charge >= 0.3 is 5.97 Å². The maximum absolute atomic E-state index is 14.0. The Balaban J connectivity index is 1.89. The molecule has 0 aliphatic heterocycles. The molecule has 1 heterocycles. The van der Waals surface area contributed by atoms with Crippen LogP contribution in [0.5, 0.6) is 5.88 Å². The number of rotatable bonds is 6. The lowest BCUT2D eigenvalue weighted by molar-refractivity contribution is -0.137. The summed E-state index contributed by atoms with van der Waals surface area (Å²) in [5.74, 6) is -3.92. The summed E-state index contributed by atoms with van der Waals surface area (Å²) in [6.45, 7) is 0. The van der Waals surface area contributed by atoms with Crippen molar-refractivity contribution in [1.29, 1.82) is 0 Å². The van der Waals surface area contributed by atoms with Gasteiger partial charge in [0, 0.05) is 11.6 Å². The predicted octanol–water partition coefficient (Wildman–Crippen LogP) is 2.80. The summed E-state index contributed by atoms with van der Waals surface area (Å²) in [6.07, 6.45) is -0.563. The van der Waals surface area contributed by atoms with Gasteiger partial charge in [-0.25, -0.2) is 8.78 Å². The van der Waals surface area contributed by atoms with E-state index in [1.54, 1.807) is 0 Å². The first kappa shape index (κ1) is 19.0. The number of carboxylic acids is 1. The molecule has 9 heteroatoms. The van der Waals surface area contributed by atoms with Crippen LogP contribution in [0.2, 0.25) is 0 Å². The maximum atomic E-state index is 14.0. The molecule has 0 saturated carbocycles. The first-order chi connectivity index (χ1) is 13.4. The fourth-order valence-electron chi connectivity index (χ4n) is 2.69. The highest BCUT2D eigenvalue weighted by Crippen LogP contribution is 2.23. The van der Waals surface area contributed by atoms with Crippen molar-refractivity contribution in [3.8, 4) is 11.6 Å². The fraction of sp³-hybridized carbons (Fsp3) is 0.105. The van der Waals surface area contributed by atoms with Gasteiger partial charge in [-0.15, -0.1) is 0 Å². The van der Waals surface area contributed by atoms with Crippen molar-refractivity contribution in [2.75, 3.05) is 0 Å². The monoisotopic (exact) mass is 387 g/mol. The summed E-state index contributed by atoms with van der Waals surface area (Å²) >= 11 is 0. The molecule has 0 aliphatic carbocycles. The minimum absolute atomic E-state index is 0.00370. The third-order valence-corrected chi connectivity index (χ3v) is 3.97. The van der Waals surface area contributed by atoms with E-state index in [1.807, 2.05) is 0 Å². The van der Waals surface area contributed by atoms with E-state index in [-0.39, 0.29) is 16.9 Å². The summed E-state index contributed by atoms with van der Waals surface area (Å²) in [5.41, 5.74) is -0.362. The van der Waals surface area contributed by atoms with E-state index in [9.17, 15) is 23.5 Å². The highest BCUT2D eigenvalue weighted by atomic mass is 19.1. The molecule has 3 aromatic rings. The zero-order valence-electron chi connectivity index (χ0n) is 14.3. The summed E-state index contributed by atoms with van der Waals surface area (Å²) in [4.78, 5) is 23.6. The van der Waals surface area contributed by atoms with Crippen molar-refractivity contribution < 1.29 is 28.6 Å². The van der Waals surface area contributed by atoms with Crippen LogP contribution in [0.15, 0.2) is 54.6 Å². The van der Waals surface area contributed by atoms with Crippen molar-refractivity contribution >= 4 is 11.9 Å². The average Bonchev–Trinajstić information content (AvgIpc) is 3.03. The second kappa shape index (κ2) is 7.87. The highest BCUT2D eigenvalue weighted by molar-refractivity contribution is 5.93. The predicted molar refractivity (Wildman–Crippen MR) is 94.0 cm³/mol. The summed E-state index contributed by atoms with van der Waals surface area (Å²) in [7, 11) is 0. The number of amides is 1. The number of nitrogens with zero attached hydrogens (tertiary/aromatic N) is 2. The van der Waals surface area contributed by atoms with Gasteiger partial charge in [0.25, 0.3) is 5.91 Å². The molecule has 1 aromatic heterocycles. The van der Waals surface area contributed by atoms with Crippen molar-refractivity contribution in [1.82, 2.24) is 15.1 Å². The Morgan fingerprint density at radius 1 is 1.07 bits per heavy atom. The van der Waals surface area contributed by atoms with Crippen LogP contribution in [-0.2, 0) is 4.79 Å². The smallest absolute Gasteiger partial charge is 0.305 e. The molecule has 3 N–H and O–H groups in total. The number of aromatic hydroxyl groups is 1. The molecule has 0 aliphatic rings. The van der Waals surface area contributed by atoms with Crippen LogP contribution in [0.4, 0.5) is 8.78 Å². The molecule has 0 bridgehead atoms. The zero-order valence-corrected chi connectivity index (χ0v) is 14.3. The number of hydrogen-bond donors (Lipinski definition) is 3. The van der Waals surface area contributed by atoms with Crippen LogP contribution in [0, 0.1) is 11.6 Å². The van der Waals surface area contributed by atoms with Crippen molar-refractivity contribution in [3.05, 3.63) is 77.5 Å². The van der Waals surface area contributed by atoms with Crippen LogP contribution in [0.3, 0.4) is 0 Å². The average molecular weight is 387 g/mol. The lowest BCUT2D eigenvalue weighted by Gasteiger charge is -2.17. The van der Waals surface area contributed by atoms with E-state index in [1.165, 1.54) is 36.4 Å². The molecule has 1 unspecified atom stereocenters. The lowest BCUT2D eigenvalue weighted by atomic mass is 10.0. The van der Waals surface area contributed by atoms with E-state index in [0.717, 1.165) is 22.9 Å². The van der Waals surface area contributed by atoms with Crippen LogP contribution in [0.1, 0.15) is 28.5 Å². The Morgan fingerprint density at radius 3 is 2.36 bits per heavy atom. The first-order valence-corrected chi connectivity index (χ1v) is 8.18. The van der Waals surface area contributed by atoms with Gasteiger partial charge in [0.05, 0.1) is 12.5 Å². The van der Waals surface area contributed by atoms with Gasteiger partial charge in [0.15, 0.2) is 5.69 Å². The molecule has 144 valence electrons. The number of halogens is 2. The molecule has 1 atom stereocenters. The van der Waals surface area contributed by atoms with Crippen LogP contribution in [-0.4, -0.2) is 31.9 Å². The highest BCUT2D eigenvalue weighted by Gasteiger charge is 2.24. The van der Waals surface area contributed by atoms with Gasteiger partial charge < -0.3 is 15.5 Å². The Labute approximate surface area is 157 Å². The van der Waals surface area contributed by atoms with Gasteiger partial charge in [-0.05, 0) is 18.2 Å². The van der Waals surface area contributed by atoms with Crippen LogP contribution >= 0.6 is 0 Å². The van der Waals surface area contributed by atoms with Crippen LogP contribution < -0.4 is 5.32 Å². The maximum Gasteiger partial charge on any atom is 0.305 e. The van der Waals surface area contributed by atoms with E-state index in [2.05, 4.69) is 10.4 Å². The second-order valence-corrected chi connectivity index (χ2v) is 5.90. The fourth-order valence-corrected chi connectivity index (χ4v) is 2.69. The number of benzene rings is 2. The molecule has 0 saturated heterocycles. The third-order valence-electron chi connectivity index (χ3n) is 3.97. The molecular weight excluding hydrogens is 372 g/mol. The lowest BCUT2D eigenvalue weighted by Crippen LogP contribution is -2.31. The van der Waals surface area contributed by atoms with Crippen LogP contribution in [0.25, 0.3) is 5.69 Å². The molecule has 0 spiro atoms. The standard InChI is InChI=1S/C19H15F2N3O4/c20-12-6-2-1-5-11(12)14(10-18(26)27)22-19(28)15-9-17(25)24(23-15)16-8-4-3-7-13(16)21/h1-9,14,25H,10H2,(H,22,28)(H,26,27). The Kier molecular flexibility index (Phi) is 5.35. The zero-order chi connectivity index (χ0) is 20.3. The van der Waals surface area contributed by atoms with E-state index in [4.69, 9.17) is 5.11 Å². The molecule has 2 aromatic carbocycles. The minimum atomic E-state index is -1.24.